The zero-order valence-electron chi connectivity index (χ0n) is 12.7. The zero-order valence-corrected chi connectivity index (χ0v) is 14.3. The largest absolute Gasteiger partial charge is 0.324 e. The van der Waals surface area contributed by atoms with Crippen molar-refractivity contribution in [1.82, 2.24) is 4.57 Å². The molecule has 0 saturated carbocycles. The first kappa shape index (κ1) is 16.5. The summed E-state index contributed by atoms with van der Waals surface area (Å²) < 4.78 is 1.53. The van der Waals surface area contributed by atoms with Gasteiger partial charge in [0.15, 0.2) is 0 Å². The van der Waals surface area contributed by atoms with Crippen LogP contribution in [0.3, 0.4) is 0 Å². The summed E-state index contributed by atoms with van der Waals surface area (Å²) >= 11 is 7.69. The molecule has 4 nitrogen and oxygen atoms in total. The lowest BCUT2D eigenvalue weighted by Crippen LogP contribution is -2.21. The van der Waals surface area contributed by atoms with Crippen LogP contribution in [-0.2, 0) is 17.8 Å². The van der Waals surface area contributed by atoms with E-state index >= 15 is 0 Å². The third kappa shape index (κ3) is 4.13. The molecule has 2 aromatic heterocycles. The molecule has 0 atom stereocenters. The predicted molar refractivity (Wildman–Crippen MR) is 97.9 cm³/mol. The summed E-state index contributed by atoms with van der Waals surface area (Å²) in [7, 11) is 0. The Bertz CT molecular complexity index is 903. The Labute approximate surface area is 148 Å². The van der Waals surface area contributed by atoms with Gasteiger partial charge in [-0.2, -0.15) is 0 Å². The lowest BCUT2D eigenvalue weighted by atomic mass is 10.2. The summed E-state index contributed by atoms with van der Waals surface area (Å²) in [6.45, 7) is 0.354. The van der Waals surface area contributed by atoms with Crippen molar-refractivity contribution in [1.29, 1.82) is 0 Å². The Balaban J connectivity index is 1.75. The fourth-order valence-corrected chi connectivity index (χ4v) is 3.21. The third-order valence-electron chi connectivity index (χ3n) is 3.48. The van der Waals surface area contributed by atoms with Crippen molar-refractivity contribution in [2.75, 3.05) is 5.32 Å². The van der Waals surface area contributed by atoms with E-state index in [1.807, 2.05) is 35.7 Å². The fraction of sp³-hybridized carbons (Fsp3) is 0.111. The van der Waals surface area contributed by atoms with E-state index in [1.54, 1.807) is 29.7 Å². The summed E-state index contributed by atoms with van der Waals surface area (Å²) in [4.78, 5) is 25.1. The Kier molecular flexibility index (Phi) is 5.13. The number of pyridine rings is 1. The topological polar surface area (TPSA) is 51.1 Å². The van der Waals surface area contributed by atoms with E-state index in [4.69, 9.17) is 11.6 Å². The zero-order chi connectivity index (χ0) is 16.9. The number of thiophene rings is 1. The van der Waals surface area contributed by atoms with Crippen LogP contribution in [0.5, 0.6) is 0 Å². The molecule has 0 aliphatic carbocycles. The second kappa shape index (κ2) is 7.47. The molecule has 0 bridgehead atoms. The highest BCUT2D eigenvalue weighted by Crippen LogP contribution is 2.16. The average Bonchev–Trinajstić information content (AvgIpc) is 3.05. The summed E-state index contributed by atoms with van der Waals surface area (Å²) in [5.74, 6) is -0.111. The first-order valence-electron chi connectivity index (χ1n) is 7.38. The van der Waals surface area contributed by atoms with Gasteiger partial charge in [-0.15, -0.1) is 11.3 Å². The molecule has 2 heterocycles. The van der Waals surface area contributed by atoms with Crippen molar-refractivity contribution in [3.63, 3.8) is 0 Å². The van der Waals surface area contributed by atoms with Crippen LogP contribution in [0.1, 0.15) is 10.4 Å². The molecule has 0 aliphatic rings. The number of aromatic nitrogens is 1. The quantitative estimate of drug-likeness (QED) is 0.754. The molecule has 1 N–H and O–H groups in total. The SMILES string of the molecule is O=C(Cc1cccs1)Nc1ccc(=O)n(Cc2ccccc2Cl)c1. The highest BCUT2D eigenvalue weighted by atomic mass is 35.5. The number of hydrogen-bond acceptors (Lipinski definition) is 3. The number of amides is 1. The first-order chi connectivity index (χ1) is 11.6. The molecule has 24 heavy (non-hydrogen) atoms. The van der Waals surface area contributed by atoms with Crippen LogP contribution < -0.4 is 10.9 Å². The maximum Gasteiger partial charge on any atom is 0.250 e. The second-order valence-corrected chi connectivity index (χ2v) is 6.72. The highest BCUT2D eigenvalue weighted by Gasteiger charge is 2.07. The number of nitrogens with one attached hydrogen (secondary N) is 1. The number of nitrogens with zero attached hydrogens (tertiary/aromatic N) is 1. The van der Waals surface area contributed by atoms with E-state index in [9.17, 15) is 9.59 Å². The molecule has 0 aliphatic heterocycles. The standard InChI is InChI=1S/C18H15ClN2O2S/c19-16-6-2-1-4-13(16)11-21-12-14(7-8-18(21)23)20-17(22)10-15-5-3-9-24-15/h1-9,12H,10-11H2,(H,20,22). The van der Waals surface area contributed by atoms with Crippen molar-refractivity contribution in [2.45, 2.75) is 13.0 Å². The van der Waals surface area contributed by atoms with Crippen LogP contribution in [0.4, 0.5) is 5.69 Å². The van der Waals surface area contributed by atoms with Crippen molar-refractivity contribution in [3.05, 3.63) is 85.9 Å². The molecule has 3 aromatic rings. The van der Waals surface area contributed by atoms with E-state index < -0.39 is 0 Å². The molecule has 122 valence electrons. The van der Waals surface area contributed by atoms with Gasteiger partial charge in [-0.1, -0.05) is 35.9 Å². The number of anilines is 1. The van der Waals surface area contributed by atoms with Crippen LogP contribution in [0, 0.1) is 0 Å². The van der Waals surface area contributed by atoms with Gasteiger partial charge in [0, 0.05) is 22.2 Å². The number of rotatable bonds is 5. The Morgan fingerprint density at radius 1 is 1.12 bits per heavy atom. The first-order valence-corrected chi connectivity index (χ1v) is 8.64. The minimum Gasteiger partial charge on any atom is -0.324 e. The summed E-state index contributed by atoms with van der Waals surface area (Å²) in [5, 5.41) is 5.37. The van der Waals surface area contributed by atoms with E-state index in [1.165, 1.54) is 10.6 Å². The minimum atomic E-state index is -0.147. The van der Waals surface area contributed by atoms with E-state index in [0.717, 1.165) is 10.4 Å². The molecule has 0 saturated heterocycles. The lowest BCUT2D eigenvalue weighted by Gasteiger charge is -2.10. The van der Waals surface area contributed by atoms with Crippen LogP contribution in [0.2, 0.25) is 5.02 Å². The predicted octanol–water partition coefficient (Wildman–Crippen LogP) is 3.79. The van der Waals surface area contributed by atoms with Gasteiger partial charge in [0.1, 0.15) is 0 Å². The number of hydrogen-bond donors (Lipinski definition) is 1. The Hall–Kier alpha value is -2.37. The van der Waals surface area contributed by atoms with Gasteiger partial charge in [0.05, 0.1) is 18.7 Å². The molecule has 0 fully saturated rings. The van der Waals surface area contributed by atoms with E-state index in [-0.39, 0.29) is 11.5 Å². The smallest absolute Gasteiger partial charge is 0.250 e. The van der Waals surface area contributed by atoms with Crippen LogP contribution >= 0.6 is 22.9 Å². The van der Waals surface area contributed by atoms with Crippen LogP contribution in [0.25, 0.3) is 0 Å². The van der Waals surface area contributed by atoms with Gasteiger partial charge < -0.3 is 9.88 Å². The number of halogens is 1. The van der Waals surface area contributed by atoms with Crippen molar-refractivity contribution in [3.8, 4) is 0 Å². The normalized spacial score (nSPS) is 10.5. The summed E-state index contributed by atoms with van der Waals surface area (Å²) in [6, 6.07) is 14.3. The number of benzene rings is 1. The molecule has 1 amide bonds. The monoisotopic (exact) mass is 358 g/mol. The molecule has 0 spiro atoms. The summed E-state index contributed by atoms with van der Waals surface area (Å²) in [5.41, 5.74) is 1.29. The van der Waals surface area contributed by atoms with Gasteiger partial charge in [-0.3, -0.25) is 9.59 Å². The molecule has 3 rings (SSSR count). The molecule has 0 radical (unpaired) electrons. The molecular weight excluding hydrogens is 344 g/mol. The molecule has 1 aromatic carbocycles. The highest BCUT2D eigenvalue weighted by molar-refractivity contribution is 7.10. The van der Waals surface area contributed by atoms with Gasteiger partial charge in [0.2, 0.25) is 5.91 Å². The van der Waals surface area contributed by atoms with E-state index in [0.29, 0.717) is 23.7 Å². The van der Waals surface area contributed by atoms with Gasteiger partial charge in [-0.25, -0.2) is 0 Å². The van der Waals surface area contributed by atoms with Gasteiger partial charge in [-0.05, 0) is 29.1 Å². The average molecular weight is 359 g/mol. The fourth-order valence-electron chi connectivity index (χ4n) is 2.32. The second-order valence-electron chi connectivity index (χ2n) is 5.28. The van der Waals surface area contributed by atoms with E-state index in [2.05, 4.69) is 5.32 Å². The molecule has 0 unspecified atom stereocenters. The van der Waals surface area contributed by atoms with Crippen molar-refractivity contribution < 1.29 is 4.79 Å². The van der Waals surface area contributed by atoms with Crippen LogP contribution in [0.15, 0.2) is 64.9 Å². The van der Waals surface area contributed by atoms with Crippen LogP contribution in [-0.4, -0.2) is 10.5 Å². The number of carbonyl (C=O) groups excluding carboxylic acids is 1. The van der Waals surface area contributed by atoms with Gasteiger partial charge in [0.25, 0.3) is 5.56 Å². The maximum atomic E-state index is 12.1. The Morgan fingerprint density at radius 2 is 1.96 bits per heavy atom. The van der Waals surface area contributed by atoms with Crippen molar-refractivity contribution in [2.24, 2.45) is 0 Å². The number of carbonyl (C=O) groups is 1. The van der Waals surface area contributed by atoms with Gasteiger partial charge >= 0.3 is 0 Å². The summed E-state index contributed by atoms with van der Waals surface area (Å²) in [6.07, 6.45) is 1.96. The molecular formula is C18H15ClN2O2S. The maximum absolute atomic E-state index is 12.1. The lowest BCUT2D eigenvalue weighted by molar-refractivity contribution is -0.115. The molecule has 6 heteroatoms. The minimum absolute atomic E-state index is 0.111. The Morgan fingerprint density at radius 3 is 2.71 bits per heavy atom. The van der Waals surface area contributed by atoms with Crippen molar-refractivity contribution >= 4 is 34.5 Å². The third-order valence-corrected chi connectivity index (χ3v) is 4.73.